The zero-order valence-corrected chi connectivity index (χ0v) is 14.5. The minimum atomic E-state index is -0.839. The van der Waals surface area contributed by atoms with E-state index in [0.717, 1.165) is 19.0 Å². The molecule has 1 rings (SSSR count). The van der Waals surface area contributed by atoms with Crippen LogP contribution in [0.1, 0.15) is 66.7 Å². The molecule has 21 heavy (non-hydrogen) atoms. The first-order valence-corrected chi connectivity index (χ1v) is 8.53. The molecule has 4 nitrogen and oxygen atoms in total. The molecule has 0 spiro atoms. The second kappa shape index (κ2) is 8.14. The van der Waals surface area contributed by atoms with Crippen molar-refractivity contribution in [3.05, 3.63) is 0 Å². The van der Waals surface area contributed by atoms with Crippen LogP contribution in [0.25, 0.3) is 0 Å². The van der Waals surface area contributed by atoms with Gasteiger partial charge < -0.3 is 10.0 Å². The van der Waals surface area contributed by atoms with Crippen LogP contribution >= 0.6 is 0 Å². The van der Waals surface area contributed by atoms with Crippen molar-refractivity contribution in [1.82, 2.24) is 10.2 Å². The van der Waals surface area contributed by atoms with Crippen molar-refractivity contribution in [3.8, 4) is 0 Å². The summed E-state index contributed by atoms with van der Waals surface area (Å²) in [5.74, 6) is 0.127. The number of likely N-dealkylation sites (tertiary alicyclic amines) is 1. The van der Waals surface area contributed by atoms with E-state index >= 15 is 0 Å². The van der Waals surface area contributed by atoms with Crippen LogP contribution in [0.5, 0.6) is 0 Å². The third kappa shape index (κ3) is 5.59. The second-order valence-corrected chi connectivity index (χ2v) is 7.26. The number of carboxylic acids is 1. The van der Waals surface area contributed by atoms with E-state index in [1.165, 1.54) is 25.7 Å². The van der Waals surface area contributed by atoms with E-state index in [9.17, 15) is 9.90 Å². The van der Waals surface area contributed by atoms with Crippen molar-refractivity contribution < 1.29 is 9.90 Å². The fourth-order valence-electron chi connectivity index (χ4n) is 3.66. The van der Waals surface area contributed by atoms with Gasteiger partial charge in [-0.25, -0.2) is 0 Å². The molecule has 2 N–H and O–H groups in total. The van der Waals surface area contributed by atoms with Gasteiger partial charge in [0.25, 0.3) is 0 Å². The minimum absolute atomic E-state index is 0.175. The minimum Gasteiger partial charge on any atom is -0.480 e. The molecule has 0 amide bonds. The lowest BCUT2D eigenvalue weighted by Crippen LogP contribution is -2.56. The first-order valence-electron chi connectivity index (χ1n) is 8.53. The Bertz CT molecular complexity index is 325. The first kappa shape index (κ1) is 18.4. The quantitative estimate of drug-likeness (QED) is 0.723. The summed E-state index contributed by atoms with van der Waals surface area (Å²) in [5.41, 5.74) is -0.839. The summed E-state index contributed by atoms with van der Waals surface area (Å²) in [5, 5.41) is 12.8. The van der Waals surface area contributed by atoms with Gasteiger partial charge in [0.2, 0.25) is 0 Å². The fourth-order valence-corrected chi connectivity index (χ4v) is 3.66. The predicted molar refractivity (Wildman–Crippen MR) is 87.6 cm³/mol. The van der Waals surface area contributed by atoms with Gasteiger partial charge in [-0.3, -0.25) is 10.1 Å². The highest BCUT2D eigenvalue weighted by Gasteiger charge is 2.37. The van der Waals surface area contributed by atoms with Crippen LogP contribution < -0.4 is 5.32 Å². The molecule has 0 aromatic carbocycles. The molecule has 2 unspecified atom stereocenters. The Balaban J connectivity index is 2.55. The SMILES string of the molecule is CCCC1CCN(C(C)CC(C)(NC(C)C)C(=O)O)CC1. The summed E-state index contributed by atoms with van der Waals surface area (Å²) < 4.78 is 0. The van der Waals surface area contributed by atoms with Gasteiger partial charge >= 0.3 is 5.97 Å². The number of rotatable bonds is 8. The average molecular weight is 298 g/mol. The molecule has 1 heterocycles. The monoisotopic (exact) mass is 298 g/mol. The standard InChI is InChI=1S/C17H34N2O2/c1-6-7-15-8-10-19(11-9-15)14(4)12-17(5,16(20)21)18-13(2)3/h13-15,18H,6-12H2,1-5H3,(H,20,21). The predicted octanol–water partition coefficient (Wildman–Crippen LogP) is 3.12. The van der Waals surface area contributed by atoms with Crippen molar-refractivity contribution in [3.63, 3.8) is 0 Å². The molecule has 1 saturated heterocycles. The van der Waals surface area contributed by atoms with Crippen molar-refractivity contribution >= 4 is 5.97 Å². The van der Waals surface area contributed by atoms with E-state index in [1.807, 2.05) is 20.8 Å². The Kier molecular flexibility index (Phi) is 7.14. The Hall–Kier alpha value is -0.610. The normalized spacial score (nSPS) is 22.2. The Labute approximate surface area is 130 Å². The third-order valence-corrected chi connectivity index (χ3v) is 4.75. The summed E-state index contributed by atoms with van der Waals surface area (Å²) in [4.78, 5) is 14.1. The maximum Gasteiger partial charge on any atom is 0.323 e. The second-order valence-electron chi connectivity index (χ2n) is 7.26. The van der Waals surface area contributed by atoms with Crippen LogP contribution in [0, 0.1) is 5.92 Å². The molecule has 0 saturated carbocycles. The lowest BCUT2D eigenvalue weighted by atomic mass is 9.88. The molecule has 124 valence electrons. The van der Waals surface area contributed by atoms with Crippen LogP contribution in [0.15, 0.2) is 0 Å². The van der Waals surface area contributed by atoms with Crippen LogP contribution in [0.3, 0.4) is 0 Å². The van der Waals surface area contributed by atoms with Crippen LogP contribution in [0.2, 0.25) is 0 Å². The highest BCUT2D eigenvalue weighted by atomic mass is 16.4. The van der Waals surface area contributed by atoms with Crippen molar-refractivity contribution in [1.29, 1.82) is 0 Å². The number of carbonyl (C=O) groups is 1. The van der Waals surface area contributed by atoms with Gasteiger partial charge in [0.05, 0.1) is 0 Å². The van der Waals surface area contributed by atoms with Gasteiger partial charge in [0.1, 0.15) is 5.54 Å². The van der Waals surface area contributed by atoms with E-state index in [2.05, 4.69) is 24.1 Å². The maximum absolute atomic E-state index is 11.6. The molecule has 1 aliphatic rings. The number of piperidine rings is 1. The molecule has 0 aromatic heterocycles. The van der Waals surface area contributed by atoms with E-state index in [-0.39, 0.29) is 6.04 Å². The molecule has 1 aliphatic heterocycles. The maximum atomic E-state index is 11.6. The zero-order valence-electron chi connectivity index (χ0n) is 14.5. The van der Waals surface area contributed by atoms with E-state index in [1.54, 1.807) is 0 Å². The summed E-state index contributed by atoms with van der Waals surface area (Å²) in [7, 11) is 0. The molecule has 0 radical (unpaired) electrons. The number of hydrogen-bond acceptors (Lipinski definition) is 3. The van der Waals surface area contributed by atoms with Crippen molar-refractivity contribution in [2.24, 2.45) is 5.92 Å². The molecule has 2 atom stereocenters. The van der Waals surface area contributed by atoms with E-state index < -0.39 is 11.5 Å². The van der Waals surface area contributed by atoms with Crippen LogP contribution in [-0.4, -0.2) is 46.7 Å². The first-order chi connectivity index (χ1) is 9.78. The lowest BCUT2D eigenvalue weighted by Gasteiger charge is -2.39. The third-order valence-electron chi connectivity index (χ3n) is 4.75. The van der Waals surface area contributed by atoms with Crippen LogP contribution in [-0.2, 0) is 4.79 Å². The van der Waals surface area contributed by atoms with E-state index in [0.29, 0.717) is 12.5 Å². The summed E-state index contributed by atoms with van der Waals surface area (Å²) in [6, 6.07) is 0.480. The number of nitrogens with zero attached hydrogens (tertiary/aromatic N) is 1. The summed E-state index contributed by atoms with van der Waals surface area (Å²) in [6.07, 6.45) is 5.79. The van der Waals surface area contributed by atoms with E-state index in [4.69, 9.17) is 0 Å². The van der Waals surface area contributed by atoms with Gasteiger partial charge in [-0.05, 0) is 66.0 Å². The molecule has 0 aromatic rings. The number of hydrogen-bond donors (Lipinski definition) is 2. The van der Waals surface area contributed by atoms with Gasteiger partial charge in [-0.1, -0.05) is 19.8 Å². The largest absolute Gasteiger partial charge is 0.480 e. The van der Waals surface area contributed by atoms with Gasteiger partial charge in [-0.15, -0.1) is 0 Å². The smallest absolute Gasteiger partial charge is 0.323 e. The zero-order chi connectivity index (χ0) is 16.0. The van der Waals surface area contributed by atoms with Gasteiger partial charge in [-0.2, -0.15) is 0 Å². The fraction of sp³-hybridized carbons (Fsp3) is 0.941. The molecule has 4 heteroatoms. The average Bonchev–Trinajstić information content (AvgIpc) is 2.38. The molecule has 0 aliphatic carbocycles. The molecule has 0 bridgehead atoms. The number of carboxylic acid groups (broad SMARTS) is 1. The lowest BCUT2D eigenvalue weighted by molar-refractivity contribution is -0.145. The number of nitrogens with one attached hydrogen (secondary N) is 1. The molecular weight excluding hydrogens is 264 g/mol. The Morgan fingerprint density at radius 2 is 1.90 bits per heavy atom. The highest BCUT2D eigenvalue weighted by Crippen LogP contribution is 2.25. The van der Waals surface area contributed by atoms with Crippen molar-refractivity contribution in [2.75, 3.05) is 13.1 Å². The summed E-state index contributed by atoms with van der Waals surface area (Å²) >= 11 is 0. The number of aliphatic carboxylic acids is 1. The Morgan fingerprint density at radius 1 is 1.33 bits per heavy atom. The highest BCUT2D eigenvalue weighted by molar-refractivity contribution is 5.78. The molecule has 1 fully saturated rings. The van der Waals surface area contributed by atoms with Gasteiger partial charge in [0, 0.05) is 12.1 Å². The van der Waals surface area contributed by atoms with Gasteiger partial charge in [0.15, 0.2) is 0 Å². The molecular formula is C17H34N2O2. The topological polar surface area (TPSA) is 52.6 Å². The Morgan fingerprint density at radius 3 is 2.33 bits per heavy atom. The van der Waals surface area contributed by atoms with Crippen LogP contribution in [0.4, 0.5) is 0 Å². The summed E-state index contributed by atoms with van der Waals surface area (Å²) in [6.45, 7) is 12.5. The van der Waals surface area contributed by atoms with Crippen molar-refractivity contribution in [2.45, 2.75) is 84.3 Å².